The van der Waals surface area contributed by atoms with Gasteiger partial charge in [-0.15, -0.1) is 0 Å². The summed E-state index contributed by atoms with van der Waals surface area (Å²) in [6.07, 6.45) is 3.78. The number of carbonyl (C=O) groups is 2. The molecule has 5 nitrogen and oxygen atoms in total. The van der Waals surface area contributed by atoms with Gasteiger partial charge in [0.05, 0.1) is 13.1 Å². The fraction of sp³-hybridized carbons (Fsp3) is 0.520. The standard InChI is InChI=1S/C25H34N2O3/c1-19(2)16-27(25(29)22-10-7-11-22)18-24(28)26(17-23-13-12-20(3)30-23)15-14-21-8-5-4-6-9-21/h4-6,8-9,12-13,19,22H,7,10-11,14-18H2,1-3H3. The van der Waals surface area contributed by atoms with E-state index in [0.717, 1.165) is 37.2 Å². The van der Waals surface area contributed by atoms with E-state index in [1.54, 1.807) is 4.90 Å². The van der Waals surface area contributed by atoms with Crippen LogP contribution in [0.5, 0.6) is 0 Å². The number of nitrogens with zero attached hydrogens (tertiary/aromatic N) is 2. The van der Waals surface area contributed by atoms with Crippen LogP contribution >= 0.6 is 0 Å². The second-order valence-electron chi connectivity index (χ2n) is 8.80. The van der Waals surface area contributed by atoms with Gasteiger partial charge < -0.3 is 14.2 Å². The van der Waals surface area contributed by atoms with Gasteiger partial charge in [-0.1, -0.05) is 50.6 Å². The molecule has 162 valence electrons. The van der Waals surface area contributed by atoms with Crippen molar-refractivity contribution in [3.8, 4) is 0 Å². The van der Waals surface area contributed by atoms with Crippen molar-refractivity contribution >= 4 is 11.8 Å². The Morgan fingerprint density at radius 1 is 1.07 bits per heavy atom. The summed E-state index contributed by atoms with van der Waals surface area (Å²) in [6.45, 7) is 7.85. The quantitative estimate of drug-likeness (QED) is 0.582. The predicted molar refractivity (Wildman–Crippen MR) is 118 cm³/mol. The van der Waals surface area contributed by atoms with E-state index in [0.29, 0.717) is 25.6 Å². The number of hydrogen-bond acceptors (Lipinski definition) is 3. The maximum atomic E-state index is 13.3. The molecular weight excluding hydrogens is 376 g/mol. The Hall–Kier alpha value is -2.56. The Bertz CT molecular complexity index is 824. The maximum Gasteiger partial charge on any atom is 0.242 e. The lowest BCUT2D eigenvalue weighted by atomic mass is 9.84. The van der Waals surface area contributed by atoms with Crippen LogP contribution in [0.25, 0.3) is 0 Å². The molecule has 0 bridgehead atoms. The van der Waals surface area contributed by atoms with Crippen LogP contribution < -0.4 is 0 Å². The molecule has 0 spiro atoms. The molecule has 1 fully saturated rings. The maximum absolute atomic E-state index is 13.3. The monoisotopic (exact) mass is 410 g/mol. The zero-order chi connectivity index (χ0) is 21.5. The van der Waals surface area contributed by atoms with Crippen molar-refractivity contribution in [3.05, 3.63) is 59.5 Å². The molecule has 1 aromatic carbocycles. The zero-order valence-corrected chi connectivity index (χ0v) is 18.5. The van der Waals surface area contributed by atoms with Crippen molar-refractivity contribution in [1.82, 2.24) is 9.80 Å². The Balaban J connectivity index is 1.70. The Kier molecular flexibility index (Phi) is 7.72. The van der Waals surface area contributed by atoms with Crippen molar-refractivity contribution in [2.45, 2.75) is 53.0 Å². The van der Waals surface area contributed by atoms with Crippen LogP contribution in [0.1, 0.15) is 50.2 Å². The third-order valence-electron chi connectivity index (χ3n) is 5.69. The molecular formula is C25H34N2O3. The molecule has 0 unspecified atom stereocenters. The molecule has 0 saturated heterocycles. The molecule has 0 N–H and O–H groups in total. The first-order chi connectivity index (χ1) is 14.4. The molecule has 3 rings (SSSR count). The van der Waals surface area contributed by atoms with Crippen molar-refractivity contribution in [1.29, 1.82) is 0 Å². The number of furan rings is 1. The summed E-state index contributed by atoms with van der Waals surface area (Å²) in [5.41, 5.74) is 1.19. The predicted octanol–water partition coefficient (Wildman–Crippen LogP) is 4.44. The average Bonchev–Trinajstić information content (AvgIpc) is 3.08. The van der Waals surface area contributed by atoms with Gasteiger partial charge in [-0.2, -0.15) is 0 Å². The van der Waals surface area contributed by atoms with Crippen LogP contribution in [0.15, 0.2) is 46.9 Å². The molecule has 1 heterocycles. The average molecular weight is 411 g/mol. The lowest BCUT2D eigenvalue weighted by molar-refractivity contribution is -0.145. The summed E-state index contributed by atoms with van der Waals surface area (Å²) in [7, 11) is 0. The second kappa shape index (κ2) is 10.5. The van der Waals surface area contributed by atoms with Gasteiger partial charge in [0, 0.05) is 19.0 Å². The Labute approximate surface area is 180 Å². The fourth-order valence-electron chi connectivity index (χ4n) is 3.81. The van der Waals surface area contributed by atoms with Crippen LogP contribution in [-0.2, 0) is 22.6 Å². The zero-order valence-electron chi connectivity index (χ0n) is 18.5. The highest BCUT2D eigenvalue weighted by Crippen LogP contribution is 2.28. The van der Waals surface area contributed by atoms with E-state index in [4.69, 9.17) is 4.42 Å². The second-order valence-corrected chi connectivity index (χ2v) is 8.80. The largest absolute Gasteiger partial charge is 0.464 e. The molecule has 0 aliphatic heterocycles. The lowest BCUT2D eigenvalue weighted by Gasteiger charge is -2.33. The Morgan fingerprint density at radius 2 is 1.80 bits per heavy atom. The molecule has 0 radical (unpaired) electrons. The minimum Gasteiger partial charge on any atom is -0.464 e. The summed E-state index contributed by atoms with van der Waals surface area (Å²) in [4.78, 5) is 29.8. The minimum atomic E-state index is -0.0201. The highest BCUT2D eigenvalue weighted by Gasteiger charge is 2.31. The van der Waals surface area contributed by atoms with Crippen LogP contribution in [0.4, 0.5) is 0 Å². The van der Waals surface area contributed by atoms with Crippen molar-refractivity contribution in [2.24, 2.45) is 11.8 Å². The van der Waals surface area contributed by atoms with Gasteiger partial charge in [-0.3, -0.25) is 9.59 Å². The van der Waals surface area contributed by atoms with Gasteiger partial charge >= 0.3 is 0 Å². The van der Waals surface area contributed by atoms with Crippen LogP contribution in [-0.4, -0.2) is 41.2 Å². The smallest absolute Gasteiger partial charge is 0.242 e. The summed E-state index contributed by atoms with van der Waals surface area (Å²) in [5.74, 6) is 2.15. The number of benzene rings is 1. The van der Waals surface area contributed by atoms with E-state index in [2.05, 4.69) is 26.0 Å². The number of hydrogen-bond donors (Lipinski definition) is 0. The first-order valence-corrected chi connectivity index (χ1v) is 11.1. The van der Waals surface area contributed by atoms with Crippen molar-refractivity contribution < 1.29 is 14.0 Å². The summed E-state index contributed by atoms with van der Waals surface area (Å²) < 4.78 is 5.72. The van der Waals surface area contributed by atoms with E-state index in [1.807, 2.05) is 42.2 Å². The molecule has 0 atom stereocenters. The number of aryl methyl sites for hydroxylation is 1. The van der Waals surface area contributed by atoms with Gasteiger partial charge in [0.25, 0.3) is 0 Å². The summed E-state index contributed by atoms with van der Waals surface area (Å²) in [5, 5.41) is 0. The number of amides is 2. The normalized spacial score (nSPS) is 13.9. The highest BCUT2D eigenvalue weighted by molar-refractivity contribution is 5.86. The van der Waals surface area contributed by atoms with E-state index < -0.39 is 0 Å². The molecule has 1 aromatic heterocycles. The first-order valence-electron chi connectivity index (χ1n) is 11.1. The van der Waals surface area contributed by atoms with Gasteiger partial charge in [-0.25, -0.2) is 0 Å². The van der Waals surface area contributed by atoms with Crippen LogP contribution in [0.3, 0.4) is 0 Å². The lowest BCUT2D eigenvalue weighted by Crippen LogP contribution is -2.47. The topological polar surface area (TPSA) is 53.8 Å². The summed E-state index contributed by atoms with van der Waals surface area (Å²) in [6, 6.07) is 14.0. The van der Waals surface area contributed by atoms with Gasteiger partial charge in [0.15, 0.2) is 0 Å². The number of carbonyl (C=O) groups excluding carboxylic acids is 2. The van der Waals surface area contributed by atoms with Gasteiger partial charge in [-0.05, 0) is 49.8 Å². The molecule has 1 aliphatic carbocycles. The Morgan fingerprint density at radius 3 is 2.37 bits per heavy atom. The van der Waals surface area contributed by atoms with Crippen LogP contribution in [0, 0.1) is 18.8 Å². The highest BCUT2D eigenvalue weighted by atomic mass is 16.3. The summed E-state index contributed by atoms with van der Waals surface area (Å²) >= 11 is 0. The minimum absolute atomic E-state index is 0.0201. The van der Waals surface area contributed by atoms with Gasteiger partial charge in [0.2, 0.25) is 11.8 Å². The number of rotatable bonds is 10. The van der Waals surface area contributed by atoms with E-state index in [1.165, 1.54) is 5.56 Å². The molecule has 30 heavy (non-hydrogen) atoms. The molecule has 1 saturated carbocycles. The van der Waals surface area contributed by atoms with Crippen LogP contribution in [0.2, 0.25) is 0 Å². The fourth-order valence-corrected chi connectivity index (χ4v) is 3.81. The first kappa shape index (κ1) is 22.1. The van der Waals surface area contributed by atoms with E-state index in [9.17, 15) is 9.59 Å². The third-order valence-corrected chi connectivity index (χ3v) is 5.69. The van der Waals surface area contributed by atoms with E-state index in [-0.39, 0.29) is 24.3 Å². The van der Waals surface area contributed by atoms with Gasteiger partial charge in [0.1, 0.15) is 11.5 Å². The SMILES string of the molecule is Cc1ccc(CN(CCc2ccccc2)C(=O)CN(CC(C)C)C(=O)C2CCC2)o1. The molecule has 5 heteroatoms. The molecule has 2 aromatic rings. The van der Waals surface area contributed by atoms with E-state index >= 15 is 0 Å². The van der Waals surface area contributed by atoms with Crippen molar-refractivity contribution in [3.63, 3.8) is 0 Å². The van der Waals surface area contributed by atoms with Crippen molar-refractivity contribution in [2.75, 3.05) is 19.6 Å². The third kappa shape index (κ3) is 6.22. The molecule has 2 amide bonds. The molecule has 1 aliphatic rings.